The van der Waals surface area contributed by atoms with Gasteiger partial charge in [0.2, 0.25) is 5.88 Å². The van der Waals surface area contributed by atoms with Crippen molar-refractivity contribution in [3.63, 3.8) is 0 Å². The molecule has 6 heteroatoms. The van der Waals surface area contributed by atoms with Crippen LogP contribution in [-0.2, 0) is 11.2 Å². The van der Waals surface area contributed by atoms with Gasteiger partial charge < -0.3 is 15.2 Å². The number of rotatable bonds is 6. The van der Waals surface area contributed by atoms with Crippen LogP contribution < -0.4 is 10.5 Å². The van der Waals surface area contributed by atoms with E-state index in [-0.39, 0.29) is 11.7 Å². The molecule has 1 heterocycles. The second kappa shape index (κ2) is 6.63. The van der Waals surface area contributed by atoms with Crippen molar-refractivity contribution >= 4 is 5.84 Å². The van der Waals surface area contributed by atoms with Gasteiger partial charge in [0.05, 0.1) is 18.4 Å². The number of aromatic nitrogens is 2. The molecule has 1 aromatic heterocycles. The highest BCUT2D eigenvalue weighted by atomic mass is 16.5. The van der Waals surface area contributed by atoms with E-state index < -0.39 is 0 Å². The molecule has 0 aliphatic carbocycles. The van der Waals surface area contributed by atoms with Crippen molar-refractivity contribution in [3.8, 4) is 11.6 Å². The van der Waals surface area contributed by atoms with Gasteiger partial charge in [-0.3, -0.25) is 5.41 Å². The molecule has 3 N–H and O–H groups in total. The third-order valence-corrected chi connectivity index (χ3v) is 2.71. The molecule has 0 radical (unpaired) electrons. The van der Waals surface area contributed by atoms with Gasteiger partial charge in [0.15, 0.2) is 0 Å². The van der Waals surface area contributed by atoms with Gasteiger partial charge >= 0.3 is 0 Å². The lowest BCUT2D eigenvalue weighted by molar-refractivity contribution is 0.202. The summed E-state index contributed by atoms with van der Waals surface area (Å²) in [5.41, 5.74) is 7.05. The molecule has 2 aromatic rings. The number of hydrogen-bond acceptors (Lipinski definition) is 5. The van der Waals surface area contributed by atoms with Gasteiger partial charge in [-0.15, -0.1) is 5.10 Å². The van der Waals surface area contributed by atoms with E-state index in [1.165, 1.54) is 6.20 Å². The van der Waals surface area contributed by atoms with Gasteiger partial charge in [-0.25, -0.2) is 0 Å². The highest BCUT2D eigenvalue weighted by Crippen LogP contribution is 2.22. The van der Waals surface area contributed by atoms with Crippen molar-refractivity contribution < 1.29 is 9.47 Å². The average molecular weight is 272 g/mol. The first-order valence-electron chi connectivity index (χ1n) is 6.12. The van der Waals surface area contributed by atoms with Crippen molar-refractivity contribution in [2.75, 3.05) is 13.7 Å². The zero-order valence-electron chi connectivity index (χ0n) is 11.2. The van der Waals surface area contributed by atoms with Crippen LogP contribution >= 0.6 is 0 Å². The van der Waals surface area contributed by atoms with Crippen LogP contribution in [0.15, 0.2) is 36.5 Å². The zero-order valence-corrected chi connectivity index (χ0v) is 11.2. The summed E-state index contributed by atoms with van der Waals surface area (Å²) in [6.45, 7) is 0.679. The maximum absolute atomic E-state index is 7.47. The quantitative estimate of drug-likeness (QED) is 0.617. The Kier molecular flexibility index (Phi) is 4.62. The number of nitrogens with zero attached hydrogens (tertiary/aromatic N) is 2. The van der Waals surface area contributed by atoms with Gasteiger partial charge in [0.1, 0.15) is 11.6 Å². The second-order valence-corrected chi connectivity index (χ2v) is 4.15. The Morgan fingerprint density at radius 3 is 2.65 bits per heavy atom. The molecule has 0 bridgehead atoms. The summed E-state index contributed by atoms with van der Waals surface area (Å²) in [5.74, 6) is 0.741. The molecular weight excluding hydrogens is 256 g/mol. The third-order valence-electron chi connectivity index (χ3n) is 2.71. The molecule has 0 aliphatic heterocycles. The summed E-state index contributed by atoms with van der Waals surface area (Å²) in [5, 5.41) is 15.1. The van der Waals surface area contributed by atoms with E-state index in [2.05, 4.69) is 10.2 Å². The Morgan fingerprint density at radius 2 is 2.00 bits per heavy atom. The van der Waals surface area contributed by atoms with Crippen molar-refractivity contribution in [3.05, 3.63) is 47.7 Å². The molecule has 0 unspecified atom stereocenters. The maximum atomic E-state index is 7.47. The number of nitrogens with one attached hydrogen (secondary N) is 1. The first-order chi connectivity index (χ1) is 9.70. The van der Waals surface area contributed by atoms with E-state index in [9.17, 15) is 0 Å². The molecule has 20 heavy (non-hydrogen) atoms. The van der Waals surface area contributed by atoms with Crippen LogP contribution in [0.1, 0.15) is 11.1 Å². The lowest BCUT2D eigenvalue weighted by Crippen LogP contribution is -2.13. The summed E-state index contributed by atoms with van der Waals surface area (Å²) in [6, 6.07) is 9.18. The molecule has 0 saturated carbocycles. The lowest BCUT2D eigenvalue weighted by Gasteiger charge is -2.08. The van der Waals surface area contributed by atoms with E-state index in [0.717, 1.165) is 12.0 Å². The molecule has 104 valence electrons. The molecule has 1 aromatic carbocycles. The van der Waals surface area contributed by atoms with Crippen molar-refractivity contribution in [1.29, 1.82) is 5.41 Å². The molecule has 0 amide bonds. The van der Waals surface area contributed by atoms with Crippen molar-refractivity contribution in [2.24, 2.45) is 5.73 Å². The molecule has 0 aliphatic rings. The number of benzene rings is 1. The fraction of sp³-hybridized carbons (Fsp3) is 0.214. The summed E-state index contributed by atoms with van der Waals surface area (Å²) in [7, 11) is 1.68. The van der Waals surface area contributed by atoms with Crippen LogP contribution in [0.2, 0.25) is 0 Å². The molecule has 2 rings (SSSR count). The Hall–Kier alpha value is -2.47. The molecule has 0 saturated heterocycles. The first kappa shape index (κ1) is 14.0. The lowest BCUT2D eigenvalue weighted by atomic mass is 10.1. The molecule has 6 nitrogen and oxygen atoms in total. The van der Waals surface area contributed by atoms with Gasteiger partial charge in [0, 0.05) is 7.11 Å². The monoisotopic (exact) mass is 272 g/mol. The largest absolute Gasteiger partial charge is 0.437 e. The van der Waals surface area contributed by atoms with Crippen LogP contribution in [0.4, 0.5) is 0 Å². The standard InChI is InChI=1S/C14H16N4O2/c1-19-9-7-10-2-4-11(5-3-10)20-14-12(13(15)16)6-8-17-18-14/h2-6,8H,7,9H2,1H3,(H3,15,16). The Bertz CT molecular complexity index is 584. The minimum absolute atomic E-state index is 0.105. The number of hydrogen-bond donors (Lipinski definition) is 2. The fourth-order valence-corrected chi connectivity index (χ4v) is 1.65. The van der Waals surface area contributed by atoms with E-state index in [0.29, 0.717) is 17.9 Å². The highest BCUT2D eigenvalue weighted by Gasteiger charge is 2.09. The molecule has 0 spiro atoms. The Labute approximate surface area is 117 Å². The molecule has 0 atom stereocenters. The third kappa shape index (κ3) is 3.52. The summed E-state index contributed by atoms with van der Waals surface area (Å²) in [4.78, 5) is 0. The predicted octanol–water partition coefficient (Wildman–Crippen LogP) is 1.74. The number of ether oxygens (including phenoxy) is 2. The summed E-state index contributed by atoms with van der Waals surface area (Å²) >= 11 is 0. The normalized spacial score (nSPS) is 10.2. The number of methoxy groups -OCH3 is 1. The second-order valence-electron chi connectivity index (χ2n) is 4.15. The van der Waals surface area contributed by atoms with Crippen molar-refractivity contribution in [1.82, 2.24) is 10.2 Å². The van der Waals surface area contributed by atoms with E-state index >= 15 is 0 Å². The van der Waals surface area contributed by atoms with Gasteiger partial charge in [-0.2, -0.15) is 5.10 Å². The maximum Gasteiger partial charge on any atom is 0.249 e. The van der Waals surface area contributed by atoms with E-state index in [4.69, 9.17) is 20.6 Å². The average Bonchev–Trinajstić information content (AvgIpc) is 2.47. The van der Waals surface area contributed by atoms with Gasteiger partial charge in [0.25, 0.3) is 0 Å². The fourth-order valence-electron chi connectivity index (χ4n) is 1.65. The van der Waals surface area contributed by atoms with Gasteiger partial charge in [-0.1, -0.05) is 12.1 Å². The van der Waals surface area contributed by atoms with Crippen molar-refractivity contribution in [2.45, 2.75) is 6.42 Å². The Morgan fingerprint density at radius 1 is 1.25 bits per heavy atom. The van der Waals surface area contributed by atoms with Crippen LogP contribution in [0, 0.1) is 5.41 Å². The van der Waals surface area contributed by atoms with E-state index in [1.54, 1.807) is 13.2 Å². The van der Waals surface area contributed by atoms with Crippen LogP contribution in [-0.4, -0.2) is 29.7 Å². The minimum atomic E-state index is -0.105. The first-order valence-corrected chi connectivity index (χ1v) is 6.12. The number of amidine groups is 1. The minimum Gasteiger partial charge on any atom is -0.437 e. The molecular formula is C14H16N4O2. The SMILES string of the molecule is COCCc1ccc(Oc2nnccc2C(=N)N)cc1. The highest BCUT2D eigenvalue weighted by molar-refractivity contribution is 5.96. The number of nitrogen functional groups attached to an aromatic ring is 1. The van der Waals surface area contributed by atoms with Crippen LogP contribution in [0.5, 0.6) is 11.6 Å². The zero-order chi connectivity index (χ0) is 14.4. The summed E-state index contributed by atoms with van der Waals surface area (Å²) in [6.07, 6.45) is 2.32. The van der Waals surface area contributed by atoms with E-state index in [1.807, 2.05) is 24.3 Å². The van der Waals surface area contributed by atoms with Crippen LogP contribution in [0.3, 0.4) is 0 Å². The number of nitrogens with two attached hydrogens (primary N) is 1. The van der Waals surface area contributed by atoms with Crippen LogP contribution in [0.25, 0.3) is 0 Å². The Balaban J connectivity index is 2.12. The smallest absolute Gasteiger partial charge is 0.249 e. The predicted molar refractivity (Wildman–Crippen MR) is 75.1 cm³/mol. The molecule has 0 fully saturated rings. The summed E-state index contributed by atoms with van der Waals surface area (Å²) < 4.78 is 10.6. The topological polar surface area (TPSA) is 94.1 Å². The van der Waals surface area contributed by atoms with Gasteiger partial charge in [-0.05, 0) is 30.2 Å².